The fraction of sp³-hybridized carbons (Fsp3) is 0.400. The van der Waals surface area contributed by atoms with Gasteiger partial charge in [0, 0.05) is 17.8 Å². The van der Waals surface area contributed by atoms with Gasteiger partial charge in [0.15, 0.2) is 0 Å². The van der Waals surface area contributed by atoms with Crippen molar-refractivity contribution in [3.63, 3.8) is 0 Å². The first-order valence-electron chi connectivity index (χ1n) is 9.13. The number of aromatic nitrogens is 3. The summed E-state index contributed by atoms with van der Waals surface area (Å²) in [7, 11) is 1.57. The van der Waals surface area contributed by atoms with Crippen LogP contribution in [0, 0.1) is 5.92 Å². The van der Waals surface area contributed by atoms with E-state index in [4.69, 9.17) is 16.3 Å². The first kappa shape index (κ1) is 19.1. The maximum Gasteiger partial charge on any atom is 0.416 e. The highest BCUT2D eigenvalue weighted by Gasteiger charge is 2.35. The Labute approximate surface area is 165 Å². The number of hydrogen-bond acceptors (Lipinski definition) is 3. The second-order valence-electron chi connectivity index (χ2n) is 7.00. The van der Waals surface area contributed by atoms with Crippen LogP contribution in [0.5, 0.6) is 6.01 Å². The molecule has 3 aromatic rings. The number of halogens is 4. The van der Waals surface area contributed by atoms with Gasteiger partial charge in [-0.1, -0.05) is 24.6 Å². The van der Waals surface area contributed by atoms with Gasteiger partial charge in [0.05, 0.1) is 28.9 Å². The van der Waals surface area contributed by atoms with Crippen LogP contribution in [-0.4, -0.2) is 21.6 Å². The molecule has 4 nitrogen and oxygen atoms in total. The molecule has 0 aliphatic heterocycles. The summed E-state index contributed by atoms with van der Waals surface area (Å²) in [6, 6.07) is 5.87. The predicted molar refractivity (Wildman–Crippen MR) is 102 cm³/mol. The number of ether oxygens (including phenoxy) is 1. The molecule has 4 rings (SSSR count). The molecule has 1 atom stereocenters. The number of hydrogen-bond donors (Lipinski definition) is 0. The molecule has 0 radical (unpaired) electrons. The minimum Gasteiger partial charge on any atom is -0.468 e. The van der Waals surface area contributed by atoms with Crippen molar-refractivity contribution in [3.8, 4) is 17.3 Å². The van der Waals surface area contributed by atoms with Crippen molar-refractivity contribution < 1.29 is 17.9 Å². The third kappa shape index (κ3) is 3.21. The van der Waals surface area contributed by atoms with Gasteiger partial charge in [0.25, 0.3) is 6.01 Å². The quantitative estimate of drug-likeness (QED) is 0.508. The van der Waals surface area contributed by atoms with Crippen LogP contribution in [0.25, 0.3) is 22.3 Å². The largest absolute Gasteiger partial charge is 0.468 e. The number of benzene rings is 1. The third-order valence-corrected chi connectivity index (χ3v) is 5.54. The molecule has 1 saturated carbocycles. The van der Waals surface area contributed by atoms with E-state index in [-0.39, 0.29) is 11.1 Å². The van der Waals surface area contributed by atoms with E-state index in [0.717, 1.165) is 24.1 Å². The lowest BCUT2D eigenvalue weighted by Crippen LogP contribution is -2.11. The number of fused-ring (bicyclic) bond motifs is 1. The summed E-state index contributed by atoms with van der Waals surface area (Å²) in [6.45, 7) is 2.13. The Balaban J connectivity index is 1.89. The van der Waals surface area contributed by atoms with Crippen LogP contribution in [0.2, 0.25) is 5.02 Å². The minimum atomic E-state index is -4.45. The number of rotatable bonds is 5. The van der Waals surface area contributed by atoms with Crippen molar-refractivity contribution in [2.45, 2.75) is 38.4 Å². The Morgan fingerprint density at radius 3 is 2.61 bits per heavy atom. The summed E-state index contributed by atoms with van der Waals surface area (Å²) in [5, 5.41) is -0.0161. The molecular weight excluding hydrogens is 391 g/mol. The van der Waals surface area contributed by atoms with Gasteiger partial charge in [0.1, 0.15) is 5.52 Å². The maximum absolute atomic E-state index is 13.0. The SMILES string of the molecule is CCC(C1CC1)n1c(OC)nc2c(-c3ccc(C(F)(F)F)cc3Cl)nccc21. The molecule has 0 bridgehead atoms. The second kappa shape index (κ2) is 6.95. The molecule has 2 aromatic heterocycles. The zero-order valence-electron chi connectivity index (χ0n) is 15.4. The molecule has 1 aliphatic rings. The molecule has 1 aliphatic carbocycles. The van der Waals surface area contributed by atoms with E-state index in [2.05, 4.69) is 21.5 Å². The van der Waals surface area contributed by atoms with Crippen LogP contribution >= 0.6 is 11.6 Å². The molecule has 1 unspecified atom stereocenters. The molecular formula is C20H19ClF3N3O. The molecule has 28 heavy (non-hydrogen) atoms. The summed E-state index contributed by atoms with van der Waals surface area (Å²) in [5.41, 5.74) is 1.47. The smallest absolute Gasteiger partial charge is 0.416 e. The summed E-state index contributed by atoms with van der Waals surface area (Å²) in [4.78, 5) is 8.96. The standard InChI is InChI=1S/C20H19ClF3N3O/c1-3-15(11-4-5-11)27-16-8-9-25-17(18(16)26-19(27)28-2)13-7-6-12(10-14(13)21)20(22,23)24/h6-11,15H,3-5H2,1-2H3. The second-order valence-corrected chi connectivity index (χ2v) is 7.41. The van der Waals surface area contributed by atoms with E-state index in [1.807, 2.05) is 6.07 Å². The lowest BCUT2D eigenvalue weighted by Gasteiger charge is -2.19. The van der Waals surface area contributed by atoms with Crippen LogP contribution in [0.3, 0.4) is 0 Å². The average molecular weight is 410 g/mol. The summed E-state index contributed by atoms with van der Waals surface area (Å²) >= 11 is 6.20. The van der Waals surface area contributed by atoms with Crippen molar-refractivity contribution in [1.29, 1.82) is 0 Å². The highest BCUT2D eigenvalue weighted by Crippen LogP contribution is 2.45. The zero-order valence-corrected chi connectivity index (χ0v) is 16.2. The number of nitrogens with zero attached hydrogens (tertiary/aromatic N) is 3. The van der Waals surface area contributed by atoms with Crippen molar-refractivity contribution in [3.05, 3.63) is 41.0 Å². The molecule has 8 heteroatoms. The van der Waals surface area contributed by atoms with Crippen LogP contribution < -0.4 is 4.74 Å². The normalized spacial score (nSPS) is 15.8. The van der Waals surface area contributed by atoms with Crippen LogP contribution in [0.1, 0.15) is 37.8 Å². The summed E-state index contributed by atoms with van der Waals surface area (Å²) in [5.74, 6) is 0.586. The number of pyridine rings is 1. The molecule has 1 aromatic carbocycles. The van der Waals surface area contributed by atoms with Gasteiger partial charge in [-0.15, -0.1) is 0 Å². The van der Waals surface area contributed by atoms with Gasteiger partial charge >= 0.3 is 6.18 Å². The minimum absolute atomic E-state index is 0.0161. The average Bonchev–Trinajstić information content (AvgIpc) is 3.42. The van der Waals surface area contributed by atoms with Crippen molar-refractivity contribution in [2.75, 3.05) is 7.11 Å². The Morgan fingerprint density at radius 1 is 1.29 bits per heavy atom. The van der Waals surface area contributed by atoms with Gasteiger partial charge in [-0.05, 0) is 43.4 Å². The molecule has 148 valence electrons. The van der Waals surface area contributed by atoms with Crippen molar-refractivity contribution in [2.24, 2.45) is 5.92 Å². The fourth-order valence-corrected chi connectivity index (χ4v) is 4.02. The molecule has 1 fully saturated rings. The highest BCUT2D eigenvalue weighted by molar-refractivity contribution is 6.33. The van der Waals surface area contributed by atoms with E-state index in [1.165, 1.54) is 18.9 Å². The monoisotopic (exact) mass is 409 g/mol. The van der Waals surface area contributed by atoms with Crippen molar-refractivity contribution in [1.82, 2.24) is 14.5 Å². The highest BCUT2D eigenvalue weighted by atomic mass is 35.5. The molecule has 0 amide bonds. The number of alkyl halides is 3. The van der Waals surface area contributed by atoms with Gasteiger partial charge in [-0.3, -0.25) is 9.55 Å². The number of imidazole rings is 1. The third-order valence-electron chi connectivity index (χ3n) is 5.23. The van der Waals surface area contributed by atoms with E-state index in [0.29, 0.717) is 28.7 Å². The molecule has 2 heterocycles. The van der Waals surface area contributed by atoms with Crippen LogP contribution in [0.15, 0.2) is 30.5 Å². The van der Waals surface area contributed by atoms with Gasteiger partial charge in [-0.2, -0.15) is 18.2 Å². The van der Waals surface area contributed by atoms with Gasteiger partial charge in [0.2, 0.25) is 0 Å². The zero-order chi connectivity index (χ0) is 20.1. The maximum atomic E-state index is 13.0. The van der Waals surface area contributed by atoms with Crippen LogP contribution in [0.4, 0.5) is 13.2 Å². The van der Waals surface area contributed by atoms with E-state index >= 15 is 0 Å². The Morgan fingerprint density at radius 2 is 2.04 bits per heavy atom. The molecule has 0 saturated heterocycles. The molecule has 0 N–H and O–H groups in total. The van der Waals surface area contributed by atoms with E-state index in [1.54, 1.807) is 13.3 Å². The lowest BCUT2D eigenvalue weighted by atomic mass is 10.1. The Hall–Kier alpha value is -2.28. The predicted octanol–water partition coefficient (Wildman–Crippen LogP) is 6.14. The first-order valence-corrected chi connectivity index (χ1v) is 9.51. The van der Waals surface area contributed by atoms with Crippen molar-refractivity contribution >= 4 is 22.6 Å². The van der Waals surface area contributed by atoms with Gasteiger partial charge < -0.3 is 4.74 Å². The fourth-order valence-electron chi connectivity index (χ4n) is 3.75. The first-order chi connectivity index (χ1) is 13.3. The summed E-state index contributed by atoms with van der Waals surface area (Å²) < 4.78 is 46.5. The Bertz CT molecular complexity index is 1030. The topological polar surface area (TPSA) is 39.9 Å². The van der Waals surface area contributed by atoms with Crippen LogP contribution in [-0.2, 0) is 6.18 Å². The summed E-state index contributed by atoms with van der Waals surface area (Å²) in [6.07, 6.45) is 0.452. The van der Waals surface area contributed by atoms with E-state index < -0.39 is 11.7 Å². The molecule has 0 spiro atoms. The van der Waals surface area contributed by atoms with Gasteiger partial charge in [-0.25, -0.2) is 0 Å². The Kier molecular flexibility index (Phi) is 4.73. The van der Waals surface area contributed by atoms with E-state index in [9.17, 15) is 13.2 Å². The lowest BCUT2D eigenvalue weighted by molar-refractivity contribution is -0.137. The number of methoxy groups -OCH3 is 1.